The molecule has 5 nitrogen and oxygen atoms in total. The van der Waals surface area contributed by atoms with Crippen LogP contribution in [0.25, 0.3) is 16.5 Å². The maximum absolute atomic E-state index is 4.40. The lowest BCUT2D eigenvalue weighted by atomic mass is 9.91. The van der Waals surface area contributed by atoms with Crippen molar-refractivity contribution < 1.29 is 0 Å². The van der Waals surface area contributed by atoms with Gasteiger partial charge in [-0.15, -0.1) is 0 Å². The molecule has 1 aromatic carbocycles. The topological polar surface area (TPSA) is 66.0 Å². The number of pyridine rings is 1. The summed E-state index contributed by atoms with van der Waals surface area (Å²) in [7, 11) is 0. The molecule has 4 rings (SSSR count). The van der Waals surface area contributed by atoms with Gasteiger partial charge in [-0.05, 0) is 73.9 Å². The van der Waals surface area contributed by atoms with Crippen LogP contribution in [-0.4, -0.2) is 21.9 Å². The minimum absolute atomic E-state index is 0.713. The molecule has 1 aliphatic carbocycles. The van der Waals surface area contributed by atoms with Crippen molar-refractivity contribution >= 4 is 28.9 Å². The first kappa shape index (κ1) is 19.6. The quantitative estimate of drug-likeness (QED) is 0.536. The van der Waals surface area contributed by atoms with Gasteiger partial charge in [-0.2, -0.15) is 5.10 Å². The van der Waals surface area contributed by atoms with Crippen LogP contribution in [-0.2, 0) is 0 Å². The molecule has 150 valence electrons. The van der Waals surface area contributed by atoms with Crippen molar-refractivity contribution in [3.05, 3.63) is 94.8 Å². The van der Waals surface area contributed by atoms with E-state index in [2.05, 4.69) is 82.1 Å². The number of H-pyrrole nitrogens is 1. The average Bonchev–Trinajstić information content (AvgIpc) is 3.20. The van der Waals surface area contributed by atoms with Crippen LogP contribution < -0.4 is 5.32 Å². The van der Waals surface area contributed by atoms with E-state index in [1.807, 2.05) is 26.2 Å². The molecule has 1 aliphatic rings. The first-order valence-electron chi connectivity index (χ1n) is 9.88. The Kier molecular flexibility index (Phi) is 5.19. The lowest BCUT2D eigenvalue weighted by Gasteiger charge is -2.17. The monoisotopic (exact) mass is 395 g/mol. The highest BCUT2D eigenvalue weighted by Gasteiger charge is 2.15. The molecule has 0 spiro atoms. The SMILES string of the molecule is C=N/C(C(=C)Nc1cc(C)cnc1C)=C1/C=CC(c2c(C)ccc3[nH]ncc23)=CC1. The highest BCUT2D eigenvalue weighted by Crippen LogP contribution is 2.33. The number of hydrogen-bond acceptors (Lipinski definition) is 4. The number of hydrogen-bond donors (Lipinski definition) is 2. The van der Waals surface area contributed by atoms with Gasteiger partial charge in [0.2, 0.25) is 0 Å². The van der Waals surface area contributed by atoms with Gasteiger partial charge in [0.25, 0.3) is 0 Å². The van der Waals surface area contributed by atoms with Gasteiger partial charge < -0.3 is 5.32 Å². The van der Waals surface area contributed by atoms with E-state index in [1.165, 1.54) is 16.7 Å². The van der Waals surface area contributed by atoms with E-state index in [-0.39, 0.29) is 0 Å². The minimum atomic E-state index is 0.713. The van der Waals surface area contributed by atoms with Crippen LogP contribution in [0.4, 0.5) is 5.69 Å². The third kappa shape index (κ3) is 3.62. The summed E-state index contributed by atoms with van der Waals surface area (Å²) < 4.78 is 0. The minimum Gasteiger partial charge on any atom is -0.353 e. The third-order valence-corrected chi connectivity index (χ3v) is 5.38. The Bertz CT molecular complexity index is 1250. The lowest BCUT2D eigenvalue weighted by Crippen LogP contribution is -2.05. The molecule has 0 unspecified atom stereocenters. The van der Waals surface area contributed by atoms with E-state index in [9.17, 15) is 0 Å². The van der Waals surface area contributed by atoms with Crippen molar-refractivity contribution in [1.82, 2.24) is 15.2 Å². The van der Waals surface area contributed by atoms with Gasteiger partial charge in [0.15, 0.2) is 0 Å². The predicted octanol–water partition coefficient (Wildman–Crippen LogP) is 5.81. The van der Waals surface area contributed by atoms with Crippen LogP contribution >= 0.6 is 0 Å². The Balaban J connectivity index is 1.62. The Morgan fingerprint density at radius 2 is 2.00 bits per heavy atom. The van der Waals surface area contributed by atoms with E-state index in [1.54, 1.807) is 0 Å². The molecule has 2 aromatic heterocycles. The summed E-state index contributed by atoms with van der Waals surface area (Å²) in [6.07, 6.45) is 10.9. The maximum atomic E-state index is 4.40. The number of nitrogens with zero attached hydrogens (tertiary/aromatic N) is 3. The van der Waals surface area contributed by atoms with Gasteiger partial charge in [0.05, 0.1) is 34.5 Å². The summed E-state index contributed by atoms with van der Waals surface area (Å²) in [5, 5.41) is 11.7. The van der Waals surface area contributed by atoms with Crippen LogP contribution in [0.2, 0.25) is 0 Å². The van der Waals surface area contributed by atoms with Gasteiger partial charge in [-0.1, -0.05) is 30.9 Å². The Morgan fingerprint density at radius 1 is 1.17 bits per heavy atom. The fraction of sp³-hybridized carbons (Fsp3) is 0.160. The average molecular weight is 396 g/mol. The zero-order valence-electron chi connectivity index (χ0n) is 17.6. The first-order valence-corrected chi connectivity index (χ1v) is 9.88. The highest BCUT2D eigenvalue weighted by molar-refractivity contribution is 5.96. The molecule has 5 heteroatoms. The molecule has 3 aromatic rings. The van der Waals surface area contributed by atoms with Crippen molar-refractivity contribution in [2.45, 2.75) is 27.2 Å². The molecule has 0 aliphatic heterocycles. The van der Waals surface area contributed by atoms with E-state index in [0.717, 1.165) is 45.5 Å². The summed E-state index contributed by atoms with van der Waals surface area (Å²) in [5.41, 5.74) is 10.1. The van der Waals surface area contributed by atoms with Crippen LogP contribution in [0, 0.1) is 20.8 Å². The Morgan fingerprint density at radius 3 is 2.73 bits per heavy atom. The van der Waals surface area contributed by atoms with Gasteiger partial charge in [0.1, 0.15) is 0 Å². The number of aliphatic imine (C=N–C) groups is 1. The van der Waals surface area contributed by atoms with Crippen LogP contribution in [0.15, 0.2) is 77.4 Å². The zero-order valence-corrected chi connectivity index (χ0v) is 17.6. The molecule has 0 amide bonds. The molecule has 0 saturated carbocycles. The highest BCUT2D eigenvalue weighted by atomic mass is 15.1. The summed E-state index contributed by atoms with van der Waals surface area (Å²) in [6, 6.07) is 6.25. The van der Waals surface area contributed by atoms with E-state index < -0.39 is 0 Å². The van der Waals surface area contributed by atoms with Crippen molar-refractivity contribution in [2.75, 3.05) is 5.32 Å². The molecule has 0 atom stereocenters. The molecular formula is C25H25N5. The van der Waals surface area contributed by atoms with Gasteiger partial charge in [-0.3, -0.25) is 15.1 Å². The van der Waals surface area contributed by atoms with E-state index in [0.29, 0.717) is 5.70 Å². The predicted molar refractivity (Wildman–Crippen MR) is 126 cm³/mol. The van der Waals surface area contributed by atoms with Gasteiger partial charge in [-0.25, -0.2) is 0 Å². The normalized spacial score (nSPS) is 15.1. The van der Waals surface area contributed by atoms with Crippen LogP contribution in [0.3, 0.4) is 0 Å². The second kappa shape index (κ2) is 7.95. The standard InChI is InChI=1S/C25H25N5/c1-15-12-23(17(3)27-13-15)29-18(4)25(26-5)20-9-7-19(8-10-20)24-16(2)6-11-22-21(24)14-28-30-22/h6-9,11-14,29H,4-5,10H2,1-3H3,(H,28,30)/b25-20-. The fourth-order valence-corrected chi connectivity index (χ4v) is 3.79. The molecular weight excluding hydrogens is 370 g/mol. The number of allylic oxidation sites excluding steroid dienone is 5. The number of fused-ring (bicyclic) bond motifs is 1. The third-order valence-electron chi connectivity index (χ3n) is 5.38. The van der Waals surface area contributed by atoms with Gasteiger partial charge >= 0.3 is 0 Å². The first-order chi connectivity index (χ1) is 14.5. The lowest BCUT2D eigenvalue weighted by molar-refractivity contribution is 1.12. The molecule has 0 radical (unpaired) electrons. The molecule has 0 saturated heterocycles. The molecule has 2 heterocycles. The van der Waals surface area contributed by atoms with Crippen molar-refractivity contribution in [3.63, 3.8) is 0 Å². The summed E-state index contributed by atoms with van der Waals surface area (Å²) in [4.78, 5) is 8.67. The second-order valence-electron chi connectivity index (χ2n) is 7.57. The van der Waals surface area contributed by atoms with E-state index >= 15 is 0 Å². The second-order valence-corrected chi connectivity index (χ2v) is 7.57. The largest absolute Gasteiger partial charge is 0.353 e. The van der Waals surface area contributed by atoms with E-state index in [4.69, 9.17) is 0 Å². The zero-order chi connectivity index (χ0) is 21.3. The van der Waals surface area contributed by atoms with Crippen molar-refractivity contribution in [1.29, 1.82) is 0 Å². The van der Waals surface area contributed by atoms with Gasteiger partial charge in [0, 0.05) is 11.6 Å². The smallest absolute Gasteiger partial charge is 0.0886 e. The number of benzene rings is 1. The van der Waals surface area contributed by atoms with Crippen molar-refractivity contribution in [3.8, 4) is 0 Å². The number of anilines is 1. The Labute approximate surface area is 176 Å². The summed E-state index contributed by atoms with van der Waals surface area (Å²) >= 11 is 0. The molecule has 2 N–H and O–H groups in total. The molecule has 0 bridgehead atoms. The van der Waals surface area contributed by atoms with Crippen LogP contribution in [0.5, 0.6) is 0 Å². The van der Waals surface area contributed by atoms with Crippen LogP contribution in [0.1, 0.15) is 28.8 Å². The number of aryl methyl sites for hydroxylation is 3. The number of aromatic amines is 1. The molecule has 30 heavy (non-hydrogen) atoms. The number of aromatic nitrogens is 3. The molecule has 0 fully saturated rings. The number of rotatable bonds is 5. The fourth-order valence-electron chi connectivity index (χ4n) is 3.79. The Hall–Kier alpha value is -3.73. The summed E-state index contributed by atoms with van der Waals surface area (Å²) in [6.45, 7) is 14.1. The number of nitrogens with one attached hydrogen (secondary N) is 2. The maximum Gasteiger partial charge on any atom is 0.0886 e. The van der Waals surface area contributed by atoms with Crippen molar-refractivity contribution in [2.24, 2.45) is 4.99 Å². The summed E-state index contributed by atoms with van der Waals surface area (Å²) in [5.74, 6) is 0.